The van der Waals surface area contributed by atoms with Crippen LogP contribution in [0.5, 0.6) is 0 Å². The highest BCUT2D eigenvalue weighted by atomic mass is 16.7. The molecule has 272 valence electrons. The van der Waals surface area contributed by atoms with E-state index in [4.69, 9.17) is 23.7 Å². The number of rotatable bonds is 28. The van der Waals surface area contributed by atoms with Crippen LogP contribution in [0.1, 0.15) is 104 Å². The van der Waals surface area contributed by atoms with Crippen molar-refractivity contribution in [1.82, 2.24) is 0 Å². The van der Waals surface area contributed by atoms with Crippen LogP contribution >= 0.6 is 0 Å². The molecule has 0 aliphatic rings. The molecule has 1 atom stereocenters. The van der Waals surface area contributed by atoms with Crippen molar-refractivity contribution in [3.05, 3.63) is 12.2 Å². The van der Waals surface area contributed by atoms with Crippen molar-refractivity contribution in [2.45, 2.75) is 110 Å². The predicted molar refractivity (Wildman–Crippen MR) is 179 cm³/mol. The van der Waals surface area contributed by atoms with Crippen LogP contribution in [0.3, 0.4) is 0 Å². The Balaban J connectivity index is 4.19. The van der Waals surface area contributed by atoms with Gasteiger partial charge in [-0.1, -0.05) is 57.6 Å². The molecule has 0 aliphatic carbocycles. The largest absolute Gasteiger partial charge is 0.460 e. The first kappa shape index (κ1) is 44.0. The molecule has 1 unspecified atom stereocenters. The Morgan fingerprint density at radius 2 is 1.15 bits per heavy atom. The fourth-order valence-corrected chi connectivity index (χ4v) is 4.68. The summed E-state index contributed by atoms with van der Waals surface area (Å²) in [4.78, 5) is 58.6. The summed E-state index contributed by atoms with van der Waals surface area (Å²) in [5.41, 5.74) is 0. The second-order valence-electron chi connectivity index (χ2n) is 13.4. The Morgan fingerprint density at radius 1 is 0.617 bits per heavy atom. The number of allylic oxidation sites excluding steroid dienone is 1. The monoisotopic (exact) mass is 672 g/mol. The number of ether oxygens (including phenoxy) is 5. The maximum Gasteiger partial charge on any atom is 0.364 e. The molecular weight excluding hydrogens is 608 g/mol. The lowest BCUT2D eigenvalue weighted by atomic mass is 10.1. The quantitative estimate of drug-likeness (QED) is 0.0283. The first-order valence-corrected chi connectivity index (χ1v) is 17.2. The smallest absolute Gasteiger partial charge is 0.364 e. The molecule has 0 amide bonds. The lowest BCUT2D eigenvalue weighted by Gasteiger charge is -2.29. The molecule has 0 bridgehead atoms. The van der Waals surface area contributed by atoms with E-state index in [1.807, 2.05) is 28.2 Å². The third-order valence-electron chi connectivity index (χ3n) is 7.55. The van der Waals surface area contributed by atoms with Gasteiger partial charge in [-0.2, -0.15) is 0 Å². The molecule has 12 heteroatoms. The standard InChI is InChI=1S/C35H64N2O10/c1-8-9-10-17-20-32(47-35(42)28-37(6,7)24-26-44-31(3)39)21-18-15-13-11-12-14-16-19-22-33(40)45-29-46-34(41)27-36(4,5)23-25-43-30(2)38/h15,18,32H,8-14,16-17,19-29H2,1-7H3/q+2. The topological polar surface area (TPSA) is 132 Å². The van der Waals surface area contributed by atoms with Gasteiger partial charge in [0.1, 0.15) is 32.4 Å². The minimum absolute atomic E-state index is 0.0697. The van der Waals surface area contributed by atoms with Crippen LogP contribution in [0.25, 0.3) is 0 Å². The van der Waals surface area contributed by atoms with Crippen molar-refractivity contribution < 1.29 is 56.6 Å². The van der Waals surface area contributed by atoms with Crippen LogP contribution in [0.15, 0.2) is 12.2 Å². The number of hydrogen-bond donors (Lipinski definition) is 0. The van der Waals surface area contributed by atoms with Gasteiger partial charge in [-0.25, -0.2) is 9.59 Å². The Labute approximate surface area is 283 Å². The SMILES string of the molecule is CCCCCCC(CC=CCCCCCCCC(=O)OCOC(=O)C[N+](C)(C)CCOC(C)=O)OC(=O)C[N+](C)(C)CCOC(C)=O. The van der Waals surface area contributed by atoms with Gasteiger partial charge in [-0.15, -0.1) is 0 Å². The molecule has 0 aromatic heterocycles. The number of nitrogens with zero attached hydrogens (tertiary/aromatic N) is 2. The van der Waals surface area contributed by atoms with Gasteiger partial charge in [0.25, 0.3) is 0 Å². The van der Waals surface area contributed by atoms with Crippen LogP contribution < -0.4 is 0 Å². The number of carbonyl (C=O) groups excluding carboxylic acids is 5. The minimum atomic E-state index is -0.490. The summed E-state index contributed by atoms with van der Waals surface area (Å²) < 4.78 is 26.5. The summed E-state index contributed by atoms with van der Waals surface area (Å²) in [5.74, 6) is -1.80. The zero-order valence-electron chi connectivity index (χ0n) is 30.4. The second-order valence-corrected chi connectivity index (χ2v) is 13.4. The van der Waals surface area contributed by atoms with Crippen LogP contribution in [0, 0.1) is 0 Å². The molecule has 0 aliphatic heterocycles. The number of unbranched alkanes of at least 4 members (excludes halogenated alkanes) is 8. The molecule has 0 heterocycles. The summed E-state index contributed by atoms with van der Waals surface area (Å²) >= 11 is 0. The van der Waals surface area contributed by atoms with Crippen molar-refractivity contribution in [3.63, 3.8) is 0 Å². The van der Waals surface area contributed by atoms with E-state index >= 15 is 0 Å². The molecule has 0 spiro atoms. The van der Waals surface area contributed by atoms with Gasteiger partial charge in [-0.3, -0.25) is 14.4 Å². The molecule has 0 fully saturated rings. The summed E-state index contributed by atoms with van der Waals surface area (Å²) in [6.45, 7) is 6.26. The van der Waals surface area contributed by atoms with Crippen LogP contribution in [-0.2, 0) is 47.7 Å². The molecule has 0 radical (unpaired) electrons. The molecule has 0 saturated carbocycles. The Morgan fingerprint density at radius 3 is 1.74 bits per heavy atom. The minimum Gasteiger partial charge on any atom is -0.460 e. The highest BCUT2D eigenvalue weighted by Crippen LogP contribution is 2.14. The molecule has 0 aromatic rings. The fraction of sp³-hybridized carbons (Fsp3) is 0.800. The Bertz CT molecular complexity index is 949. The first-order chi connectivity index (χ1) is 22.2. The van der Waals surface area contributed by atoms with Crippen molar-refractivity contribution in [2.75, 3.05) is 74.4 Å². The average Bonchev–Trinajstić information content (AvgIpc) is 2.94. The van der Waals surface area contributed by atoms with Gasteiger partial charge in [0, 0.05) is 26.7 Å². The molecule has 0 N–H and O–H groups in total. The maximum atomic E-state index is 12.7. The third kappa shape index (κ3) is 28.9. The molecule has 47 heavy (non-hydrogen) atoms. The number of carbonyl (C=O) groups is 5. The van der Waals surface area contributed by atoms with E-state index in [-0.39, 0.29) is 61.2 Å². The number of hydrogen-bond acceptors (Lipinski definition) is 10. The van der Waals surface area contributed by atoms with E-state index in [2.05, 4.69) is 19.1 Å². The normalized spacial score (nSPS) is 12.4. The van der Waals surface area contributed by atoms with E-state index in [0.717, 1.165) is 57.8 Å². The van der Waals surface area contributed by atoms with E-state index in [0.29, 0.717) is 30.4 Å². The first-order valence-electron chi connectivity index (χ1n) is 17.2. The number of esters is 5. The van der Waals surface area contributed by atoms with Crippen molar-refractivity contribution >= 4 is 29.8 Å². The lowest BCUT2D eigenvalue weighted by Crippen LogP contribution is -2.47. The lowest BCUT2D eigenvalue weighted by molar-refractivity contribution is -0.883. The van der Waals surface area contributed by atoms with E-state index in [1.165, 1.54) is 20.3 Å². The van der Waals surface area contributed by atoms with Gasteiger partial charge >= 0.3 is 29.8 Å². The van der Waals surface area contributed by atoms with Gasteiger partial charge in [0.2, 0.25) is 6.79 Å². The third-order valence-corrected chi connectivity index (χ3v) is 7.55. The Hall–Kier alpha value is -2.99. The highest BCUT2D eigenvalue weighted by Gasteiger charge is 2.24. The highest BCUT2D eigenvalue weighted by molar-refractivity contribution is 5.72. The predicted octanol–water partition coefficient (Wildman–Crippen LogP) is 4.87. The second kappa shape index (κ2) is 26.0. The van der Waals surface area contributed by atoms with Crippen LogP contribution in [0.4, 0.5) is 0 Å². The van der Waals surface area contributed by atoms with Gasteiger partial charge in [0.05, 0.1) is 28.2 Å². The molecule has 0 rings (SSSR count). The van der Waals surface area contributed by atoms with Crippen LogP contribution in [-0.4, -0.2) is 119 Å². The fourth-order valence-electron chi connectivity index (χ4n) is 4.68. The number of quaternary nitrogens is 2. The molecule has 0 aromatic carbocycles. The van der Waals surface area contributed by atoms with Gasteiger partial charge in [-0.05, 0) is 32.1 Å². The maximum absolute atomic E-state index is 12.7. The summed E-state index contributed by atoms with van der Waals surface area (Å²) in [7, 11) is 7.49. The van der Waals surface area contributed by atoms with E-state index in [1.54, 1.807) is 0 Å². The number of likely N-dealkylation sites (N-methyl/N-ethyl adjacent to an activating group) is 2. The van der Waals surface area contributed by atoms with E-state index < -0.39 is 18.7 Å². The van der Waals surface area contributed by atoms with Crippen molar-refractivity contribution in [3.8, 4) is 0 Å². The molecule has 0 saturated heterocycles. The van der Waals surface area contributed by atoms with Crippen molar-refractivity contribution in [1.29, 1.82) is 0 Å². The summed E-state index contributed by atoms with van der Waals surface area (Å²) in [6.07, 6.45) is 16.1. The molecule has 12 nitrogen and oxygen atoms in total. The van der Waals surface area contributed by atoms with Crippen molar-refractivity contribution in [2.24, 2.45) is 0 Å². The van der Waals surface area contributed by atoms with Crippen LogP contribution in [0.2, 0.25) is 0 Å². The zero-order chi connectivity index (χ0) is 35.6. The van der Waals surface area contributed by atoms with E-state index in [9.17, 15) is 24.0 Å². The average molecular weight is 673 g/mol. The van der Waals surface area contributed by atoms with Gasteiger partial charge < -0.3 is 32.7 Å². The summed E-state index contributed by atoms with van der Waals surface area (Å²) in [5, 5.41) is 0. The Kier molecular flexibility index (Phi) is 24.4. The summed E-state index contributed by atoms with van der Waals surface area (Å²) in [6, 6.07) is 0. The zero-order valence-corrected chi connectivity index (χ0v) is 30.4. The molecular formula is C35H64N2O10+2. The van der Waals surface area contributed by atoms with Gasteiger partial charge in [0.15, 0.2) is 13.1 Å².